The van der Waals surface area contributed by atoms with Gasteiger partial charge in [0.2, 0.25) is 0 Å². The topological polar surface area (TPSA) is 46.5 Å². The minimum atomic E-state index is -0.720. The monoisotopic (exact) mass is 230 g/mol. The van der Waals surface area contributed by atoms with Crippen LogP contribution in [0.2, 0.25) is 0 Å². The summed E-state index contributed by atoms with van der Waals surface area (Å²) in [6.45, 7) is 10.5. The van der Waals surface area contributed by atoms with Gasteiger partial charge in [-0.15, -0.1) is 0 Å². The lowest BCUT2D eigenvalue weighted by Crippen LogP contribution is -2.25. The molecule has 0 bridgehead atoms. The lowest BCUT2D eigenvalue weighted by atomic mass is 9.87. The highest BCUT2D eigenvalue weighted by Gasteiger charge is 2.26. The molecule has 0 aromatic rings. The zero-order valence-electron chi connectivity index (χ0n) is 11.3. The van der Waals surface area contributed by atoms with Gasteiger partial charge in [-0.25, -0.2) is 0 Å². The molecule has 0 aromatic heterocycles. The maximum Gasteiger partial charge on any atom is 0.309 e. The summed E-state index contributed by atoms with van der Waals surface area (Å²) in [5.41, 5.74) is -0.664. The summed E-state index contributed by atoms with van der Waals surface area (Å²) in [7, 11) is 0. The molecule has 16 heavy (non-hydrogen) atoms. The first kappa shape index (κ1) is 15.4. The predicted octanol–water partition coefficient (Wildman–Crippen LogP) is 3.47. The second kappa shape index (κ2) is 6.24. The van der Waals surface area contributed by atoms with Crippen LogP contribution in [0.15, 0.2) is 0 Å². The normalized spacial score (nSPS) is 12.8. The molecule has 0 aliphatic carbocycles. The van der Waals surface area contributed by atoms with E-state index in [-0.39, 0.29) is 5.60 Å². The third-order valence-corrected chi connectivity index (χ3v) is 3.12. The Morgan fingerprint density at radius 1 is 1.19 bits per heavy atom. The van der Waals surface area contributed by atoms with Crippen molar-refractivity contribution in [2.75, 3.05) is 6.61 Å². The van der Waals surface area contributed by atoms with Crippen molar-refractivity contribution in [3.63, 3.8) is 0 Å². The minimum absolute atomic E-state index is 0.0533. The van der Waals surface area contributed by atoms with Crippen LogP contribution in [0.5, 0.6) is 0 Å². The average molecular weight is 230 g/mol. The van der Waals surface area contributed by atoms with E-state index in [1.54, 1.807) is 13.8 Å². The van der Waals surface area contributed by atoms with Gasteiger partial charge >= 0.3 is 5.97 Å². The first-order valence-corrected chi connectivity index (χ1v) is 6.08. The third-order valence-electron chi connectivity index (χ3n) is 3.12. The van der Waals surface area contributed by atoms with Gasteiger partial charge in [-0.2, -0.15) is 0 Å². The molecule has 0 spiro atoms. The molecular weight excluding hydrogens is 204 g/mol. The van der Waals surface area contributed by atoms with Gasteiger partial charge in [-0.1, -0.05) is 13.3 Å². The molecule has 0 unspecified atom stereocenters. The summed E-state index contributed by atoms with van der Waals surface area (Å²) in [5.74, 6) is -0.720. The molecule has 0 amide bonds. The van der Waals surface area contributed by atoms with Crippen LogP contribution in [0.1, 0.15) is 60.3 Å². The van der Waals surface area contributed by atoms with Crippen LogP contribution in [0.3, 0.4) is 0 Å². The van der Waals surface area contributed by atoms with Crippen molar-refractivity contribution in [1.82, 2.24) is 0 Å². The summed E-state index contributed by atoms with van der Waals surface area (Å²) >= 11 is 0. The smallest absolute Gasteiger partial charge is 0.309 e. The first-order valence-electron chi connectivity index (χ1n) is 6.08. The molecule has 0 aliphatic rings. The van der Waals surface area contributed by atoms with Gasteiger partial charge in [0.15, 0.2) is 0 Å². The summed E-state index contributed by atoms with van der Waals surface area (Å²) in [6.07, 6.45) is 3.53. The van der Waals surface area contributed by atoms with Crippen molar-refractivity contribution in [3.8, 4) is 0 Å². The van der Waals surface area contributed by atoms with E-state index < -0.39 is 11.4 Å². The van der Waals surface area contributed by atoms with E-state index in [2.05, 4.69) is 20.8 Å². The van der Waals surface area contributed by atoms with Gasteiger partial charge in [0.25, 0.3) is 0 Å². The molecule has 0 atom stereocenters. The molecule has 0 saturated carbocycles. The highest BCUT2D eigenvalue weighted by molar-refractivity contribution is 5.73. The Kier molecular flexibility index (Phi) is 6.01. The largest absolute Gasteiger partial charge is 0.481 e. The number of carboxylic acids is 1. The minimum Gasteiger partial charge on any atom is -0.481 e. The lowest BCUT2D eigenvalue weighted by molar-refractivity contribution is -0.147. The summed E-state index contributed by atoms with van der Waals surface area (Å²) in [4.78, 5) is 10.9. The number of hydrogen-bond donors (Lipinski definition) is 1. The maximum absolute atomic E-state index is 10.9. The number of aliphatic carboxylic acids is 1. The number of carboxylic acid groups (broad SMARTS) is 1. The van der Waals surface area contributed by atoms with Crippen LogP contribution in [0.25, 0.3) is 0 Å². The molecule has 0 heterocycles. The van der Waals surface area contributed by atoms with Crippen molar-refractivity contribution < 1.29 is 14.6 Å². The van der Waals surface area contributed by atoms with E-state index in [0.717, 1.165) is 25.9 Å². The van der Waals surface area contributed by atoms with Crippen molar-refractivity contribution >= 4 is 5.97 Å². The highest BCUT2D eigenvalue weighted by Crippen LogP contribution is 2.23. The number of ether oxygens (including phenoxy) is 1. The molecule has 0 rings (SSSR count). The Morgan fingerprint density at radius 2 is 1.75 bits per heavy atom. The van der Waals surface area contributed by atoms with E-state index >= 15 is 0 Å². The van der Waals surface area contributed by atoms with Gasteiger partial charge < -0.3 is 9.84 Å². The molecule has 0 fully saturated rings. The second-order valence-corrected chi connectivity index (χ2v) is 5.61. The molecule has 0 aliphatic heterocycles. The number of rotatable bonds is 8. The van der Waals surface area contributed by atoms with E-state index in [9.17, 15) is 4.79 Å². The third kappa shape index (κ3) is 6.11. The van der Waals surface area contributed by atoms with Crippen molar-refractivity contribution in [2.45, 2.75) is 65.9 Å². The molecule has 0 aromatic carbocycles. The van der Waals surface area contributed by atoms with E-state index in [1.165, 1.54) is 0 Å². The van der Waals surface area contributed by atoms with Crippen molar-refractivity contribution in [1.29, 1.82) is 0 Å². The Hall–Kier alpha value is -0.570. The fourth-order valence-corrected chi connectivity index (χ4v) is 1.23. The Morgan fingerprint density at radius 3 is 2.19 bits per heavy atom. The standard InChI is InChI=1S/C13H26O3/c1-6-13(4,5)16-10-8-7-9-12(2,3)11(14)15/h6-10H2,1-5H3,(H,14,15). The number of hydrogen-bond acceptors (Lipinski definition) is 2. The Balaban J connectivity index is 3.66. The summed E-state index contributed by atoms with van der Waals surface area (Å²) < 4.78 is 5.71. The zero-order valence-corrected chi connectivity index (χ0v) is 11.3. The maximum atomic E-state index is 10.9. The fourth-order valence-electron chi connectivity index (χ4n) is 1.23. The lowest BCUT2D eigenvalue weighted by Gasteiger charge is -2.24. The van der Waals surface area contributed by atoms with Crippen molar-refractivity contribution in [2.24, 2.45) is 5.41 Å². The van der Waals surface area contributed by atoms with Crippen LogP contribution >= 0.6 is 0 Å². The molecule has 3 nitrogen and oxygen atoms in total. The van der Waals surface area contributed by atoms with E-state index in [1.807, 2.05) is 0 Å². The van der Waals surface area contributed by atoms with Gasteiger partial charge in [-0.05, 0) is 47.0 Å². The first-order chi connectivity index (χ1) is 7.21. The highest BCUT2D eigenvalue weighted by atomic mass is 16.5. The molecular formula is C13H26O3. The number of carbonyl (C=O) groups is 1. The van der Waals surface area contributed by atoms with Gasteiger partial charge in [0.05, 0.1) is 11.0 Å². The van der Waals surface area contributed by atoms with E-state index in [0.29, 0.717) is 6.42 Å². The predicted molar refractivity (Wildman–Crippen MR) is 65.6 cm³/mol. The molecule has 3 heteroatoms. The second-order valence-electron chi connectivity index (χ2n) is 5.61. The summed E-state index contributed by atoms with van der Waals surface area (Å²) in [6, 6.07) is 0. The molecule has 0 saturated heterocycles. The van der Waals surface area contributed by atoms with Crippen molar-refractivity contribution in [3.05, 3.63) is 0 Å². The van der Waals surface area contributed by atoms with E-state index in [4.69, 9.17) is 9.84 Å². The van der Waals surface area contributed by atoms with Gasteiger partial charge in [-0.3, -0.25) is 4.79 Å². The number of unbranched alkanes of at least 4 members (excludes halogenated alkanes) is 1. The van der Waals surface area contributed by atoms with Crippen LogP contribution in [-0.2, 0) is 9.53 Å². The fraction of sp³-hybridized carbons (Fsp3) is 0.923. The van der Waals surface area contributed by atoms with Gasteiger partial charge in [0, 0.05) is 6.61 Å². The average Bonchev–Trinajstić information content (AvgIpc) is 2.16. The Bertz CT molecular complexity index is 219. The quantitative estimate of drug-likeness (QED) is 0.649. The van der Waals surface area contributed by atoms with Crippen LogP contribution in [-0.4, -0.2) is 23.3 Å². The van der Waals surface area contributed by atoms with Crippen LogP contribution in [0, 0.1) is 5.41 Å². The Labute approximate surface area is 99.2 Å². The molecule has 1 N–H and O–H groups in total. The van der Waals surface area contributed by atoms with Crippen LogP contribution in [0.4, 0.5) is 0 Å². The van der Waals surface area contributed by atoms with Crippen LogP contribution < -0.4 is 0 Å². The molecule has 0 radical (unpaired) electrons. The summed E-state index contributed by atoms with van der Waals surface area (Å²) in [5, 5.41) is 8.93. The van der Waals surface area contributed by atoms with Gasteiger partial charge in [0.1, 0.15) is 0 Å². The SMILES string of the molecule is CCC(C)(C)OCCCCC(C)(C)C(=O)O. The zero-order chi connectivity index (χ0) is 12.8. The molecule has 96 valence electrons.